The van der Waals surface area contributed by atoms with E-state index < -0.39 is 5.82 Å². The van der Waals surface area contributed by atoms with Gasteiger partial charge >= 0.3 is 0 Å². The summed E-state index contributed by atoms with van der Waals surface area (Å²) >= 11 is 5.56. The highest BCUT2D eigenvalue weighted by Crippen LogP contribution is 2.22. The molecular weight excluding hydrogens is 231 g/mol. The number of hydrogen-bond acceptors (Lipinski definition) is 4. The predicted octanol–water partition coefficient (Wildman–Crippen LogP) is 2.59. The Morgan fingerprint density at radius 3 is 2.69 bits per heavy atom. The monoisotopic (exact) mass is 238 g/mol. The van der Waals surface area contributed by atoms with E-state index in [1.54, 1.807) is 6.07 Å². The zero-order chi connectivity index (χ0) is 11.5. The molecule has 0 aliphatic heterocycles. The van der Waals surface area contributed by atoms with Gasteiger partial charge in [-0.1, -0.05) is 11.6 Å². The molecule has 6 heteroatoms. The van der Waals surface area contributed by atoms with Gasteiger partial charge in [-0.2, -0.15) is 0 Å². The van der Waals surface area contributed by atoms with Crippen LogP contribution in [0.1, 0.15) is 0 Å². The molecule has 3 N–H and O–H groups in total. The van der Waals surface area contributed by atoms with E-state index in [1.807, 2.05) is 0 Å². The number of aromatic nitrogens is 2. The lowest BCUT2D eigenvalue weighted by Gasteiger charge is -2.07. The Labute approximate surface area is 96.3 Å². The molecule has 1 heterocycles. The molecule has 2 aromatic rings. The van der Waals surface area contributed by atoms with Crippen LogP contribution < -0.4 is 11.1 Å². The molecule has 0 saturated carbocycles. The van der Waals surface area contributed by atoms with Gasteiger partial charge in [0, 0.05) is 18.1 Å². The standard InChI is InChI=1S/C10H8ClFN4/c11-7-2-1-6(5-8(7)12)16-10-9(13)14-3-4-15-10/h1-5H,(H2,13,14)(H,15,16). The summed E-state index contributed by atoms with van der Waals surface area (Å²) in [5.74, 6) is 0.121. The van der Waals surface area contributed by atoms with Gasteiger partial charge in [0.15, 0.2) is 11.6 Å². The van der Waals surface area contributed by atoms with E-state index in [4.69, 9.17) is 17.3 Å². The second kappa shape index (κ2) is 4.32. The minimum atomic E-state index is -0.505. The maximum Gasteiger partial charge on any atom is 0.173 e. The van der Waals surface area contributed by atoms with E-state index in [1.165, 1.54) is 24.5 Å². The van der Waals surface area contributed by atoms with E-state index in [2.05, 4.69) is 15.3 Å². The molecular formula is C10H8ClFN4. The minimum absolute atomic E-state index is 0.0673. The molecule has 1 aromatic carbocycles. The average molecular weight is 239 g/mol. The molecule has 16 heavy (non-hydrogen) atoms. The molecule has 0 aliphatic rings. The van der Waals surface area contributed by atoms with Gasteiger partial charge in [0.05, 0.1) is 5.02 Å². The second-order valence-corrected chi connectivity index (χ2v) is 3.45. The van der Waals surface area contributed by atoms with Crippen LogP contribution in [0.25, 0.3) is 0 Å². The minimum Gasteiger partial charge on any atom is -0.381 e. The van der Waals surface area contributed by atoms with Gasteiger partial charge in [-0.25, -0.2) is 14.4 Å². The third-order valence-corrected chi connectivity index (χ3v) is 2.22. The largest absolute Gasteiger partial charge is 0.381 e. The molecule has 0 spiro atoms. The van der Waals surface area contributed by atoms with Gasteiger partial charge in [-0.15, -0.1) is 0 Å². The molecule has 0 saturated heterocycles. The first-order chi connectivity index (χ1) is 7.66. The zero-order valence-corrected chi connectivity index (χ0v) is 8.87. The Balaban J connectivity index is 2.28. The first-order valence-electron chi connectivity index (χ1n) is 4.45. The Morgan fingerprint density at radius 2 is 2.00 bits per heavy atom. The van der Waals surface area contributed by atoms with Crippen molar-refractivity contribution in [3.63, 3.8) is 0 Å². The zero-order valence-electron chi connectivity index (χ0n) is 8.11. The van der Waals surface area contributed by atoms with Gasteiger partial charge in [0.2, 0.25) is 0 Å². The summed E-state index contributed by atoms with van der Waals surface area (Å²) in [4.78, 5) is 7.82. The van der Waals surface area contributed by atoms with Crippen LogP contribution in [-0.4, -0.2) is 9.97 Å². The summed E-state index contributed by atoms with van der Waals surface area (Å²) in [6.07, 6.45) is 2.97. The number of hydrogen-bond donors (Lipinski definition) is 2. The fraction of sp³-hybridized carbons (Fsp3) is 0. The molecule has 82 valence electrons. The molecule has 0 unspecified atom stereocenters. The first-order valence-corrected chi connectivity index (χ1v) is 4.83. The average Bonchev–Trinajstić information content (AvgIpc) is 2.27. The fourth-order valence-corrected chi connectivity index (χ4v) is 1.27. The third-order valence-electron chi connectivity index (χ3n) is 1.91. The first kappa shape index (κ1) is 10.6. The van der Waals surface area contributed by atoms with Crippen LogP contribution in [0.15, 0.2) is 30.6 Å². The maximum atomic E-state index is 13.1. The number of nitrogens with zero attached hydrogens (tertiary/aromatic N) is 2. The summed E-state index contributed by atoms with van der Waals surface area (Å²) in [7, 11) is 0. The van der Waals surface area contributed by atoms with Crippen LogP contribution in [0.5, 0.6) is 0 Å². The molecule has 0 aliphatic carbocycles. The topological polar surface area (TPSA) is 63.8 Å². The summed E-state index contributed by atoms with van der Waals surface area (Å²) < 4.78 is 13.1. The van der Waals surface area contributed by atoms with Crippen molar-refractivity contribution in [2.24, 2.45) is 0 Å². The second-order valence-electron chi connectivity index (χ2n) is 3.04. The Kier molecular flexibility index (Phi) is 2.87. The molecule has 2 rings (SSSR count). The summed E-state index contributed by atoms with van der Waals surface area (Å²) in [5, 5.41) is 2.91. The molecule has 0 bridgehead atoms. The van der Waals surface area contributed by atoms with Gasteiger partial charge < -0.3 is 11.1 Å². The SMILES string of the molecule is Nc1nccnc1Nc1ccc(Cl)c(F)c1. The molecule has 0 fully saturated rings. The van der Waals surface area contributed by atoms with E-state index in [-0.39, 0.29) is 10.8 Å². The van der Waals surface area contributed by atoms with Crippen LogP contribution in [0.4, 0.5) is 21.7 Å². The Bertz CT molecular complexity index is 518. The highest BCUT2D eigenvalue weighted by atomic mass is 35.5. The Morgan fingerprint density at radius 1 is 1.25 bits per heavy atom. The molecule has 0 radical (unpaired) electrons. The maximum absolute atomic E-state index is 13.1. The van der Waals surface area contributed by atoms with E-state index in [0.717, 1.165) is 0 Å². The van der Waals surface area contributed by atoms with Crippen molar-refractivity contribution < 1.29 is 4.39 Å². The summed E-state index contributed by atoms with van der Waals surface area (Å²) in [6.45, 7) is 0. The number of benzene rings is 1. The van der Waals surface area contributed by atoms with Gasteiger partial charge in [0.1, 0.15) is 5.82 Å². The van der Waals surface area contributed by atoms with Crippen molar-refractivity contribution in [3.8, 4) is 0 Å². The van der Waals surface area contributed by atoms with Crippen LogP contribution in [0.2, 0.25) is 5.02 Å². The normalized spacial score (nSPS) is 10.1. The molecule has 0 amide bonds. The lowest BCUT2D eigenvalue weighted by Crippen LogP contribution is -2.00. The van der Waals surface area contributed by atoms with E-state index in [9.17, 15) is 4.39 Å². The lowest BCUT2D eigenvalue weighted by molar-refractivity contribution is 0.629. The van der Waals surface area contributed by atoms with E-state index in [0.29, 0.717) is 11.5 Å². The van der Waals surface area contributed by atoms with E-state index >= 15 is 0 Å². The molecule has 1 aromatic heterocycles. The highest BCUT2D eigenvalue weighted by Gasteiger charge is 2.04. The van der Waals surface area contributed by atoms with Gasteiger partial charge in [-0.3, -0.25) is 0 Å². The fourth-order valence-electron chi connectivity index (χ4n) is 1.16. The van der Waals surface area contributed by atoms with Crippen molar-refractivity contribution in [2.45, 2.75) is 0 Å². The number of nitrogens with two attached hydrogens (primary N) is 1. The quantitative estimate of drug-likeness (QED) is 0.844. The molecule has 0 atom stereocenters. The summed E-state index contributed by atoms with van der Waals surface area (Å²) in [5.41, 5.74) is 6.09. The lowest BCUT2D eigenvalue weighted by atomic mass is 10.3. The van der Waals surface area contributed by atoms with Crippen molar-refractivity contribution in [3.05, 3.63) is 41.4 Å². The van der Waals surface area contributed by atoms with Crippen LogP contribution in [0.3, 0.4) is 0 Å². The van der Waals surface area contributed by atoms with Crippen LogP contribution in [-0.2, 0) is 0 Å². The van der Waals surface area contributed by atoms with Crippen LogP contribution in [0, 0.1) is 5.82 Å². The number of anilines is 3. The number of halogens is 2. The molecule has 4 nitrogen and oxygen atoms in total. The van der Waals surface area contributed by atoms with Gasteiger partial charge in [0.25, 0.3) is 0 Å². The van der Waals surface area contributed by atoms with Crippen LogP contribution >= 0.6 is 11.6 Å². The number of nitrogens with one attached hydrogen (secondary N) is 1. The smallest absolute Gasteiger partial charge is 0.173 e. The number of nitrogen functional groups attached to an aromatic ring is 1. The number of rotatable bonds is 2. The summed E-state index contributed by atoms with van der Waals surface area (Å²) in [6, 6.07) is 4.34. The van der Waals surface area contributed by atoms with Crippen molar-refractivity contribution in [1.29, 1.82) is 0 Å². The van der Waals surface area contributed by atoms with Crippen molar-refractivity contribution in [2.75, 3.05) is 11.1 Å². The van der Waals surface area contributed by atoms with Crippen molar-refractivity contribution in [1.82, 2.24) is 9.97 Å². The highest BCUT2D eigenvalue weighted by molar-refractivity contribution is 6.30. The Hall–Kier alpha value is -1.88. The van der Waals surface area contributed by atoms with Crippen molar-refractivity contribution >= 4 is 28.9 Å². The van der Waals surface area contributed by atoms with Gasteiger partial charge in [-0.05, 0) is 18.2 Å². The third kappa shape index (κ3) is 2.20. The predicted molar refractivity (Wildman–Crippen MR) is 61.1 cm³/mol.